The smallest absolute Gasteiger partial charge is 0.217 e. The van der Waals surface area contributed by atoms with E-state index >= 15 is 0 Å². The second-order valence-corrected chi connectivity index (χ2v) is 4.70. The highest BCUT2D eigenvalue weighted by atomic mass is 35.5. The molecule has 0 aromatic carbocycles. The molecule has 1 aromatic heterocycles. The maximum Gasteiger partial charge on any atom is 0.217 e. The van der Waals surface area contributed by atoms with Gasteiger partial charge in [0.25, 0.3) is 0 Å². The second-order valence-electron chi connectivity index (χ2n) is 4.32. The number of carbonyl (C=O) groups excluding carboxylic acids is 1. The van der Waals surface area contributed by atoms with Crippen LogP contribution >= 0.6 is 11.6 Å². The van der Waals surface area contributed by atoms with Crippen molar-refractivity contribution in [2.45, 2.75) is 19.3 Å². The molecular weight excluding hydrogens is 240 g/mol. The number of primary amides is 1. The third kappa shape index (κ3) is 3.30. The molecule has 1 aromatic rings. The third-order valence-electron chi connectivity index (χ3n) is 3.05. The van der Waals surface area contributed by atoms with Crippen molar-refractivity contribution in [1.29, 1.82) is 0 Å². The van der Waals surface area contributed by atoms with Crippen LogP contribution in [-0.2, 0) is 4.79 Å². The fourth-order valence-corrected chi connectivity index (χ4v) is 2.23. The average molecular weight is 255 g/mol. The summed E-state index contributed by atoms with van der Waals surface area (Å²) in [7, 11) is 0. The summed E-state index contributed by atoms with van der Waals surface area (Å²) in [6.45, 7) is 1.77. The first-order valence-corrected chi connectivity index (χ1v) is 6.05. The van der Waals surface area contributed by atoms with Crippen LogP contribution in [0, 0.1) is 5.92 Å². The Bertz CT molecular complexity index is 387. The third-order valence-corrected chi connectivity index (χ3v) is 3.25. The Morgan fingerprint density at radius 2 is 2.12 bits per heavy atom. The molecule has 2 heterocycles. The minimum absolute atomic E-state index is 0.213. The van der Waals surface area contributed by atoms with Crippen LogP contribution in [0.1, 0.15) is 19.3 Å². The van der Waals surface area contributed by atoms with E-state index in [1.54, 1.807) is 6.07 Å². The van der Waals surface area contributed by atoms with Crippen LogP contribution in [0.4, 0.5) is 5.82 Å². The number of rotatable bonds is 3. The van der Waals surface area contributed by atoms with Crippen LogP contribution in [-0.4, -0.2) is 29.2 Å². The van der Waals surface area contributed by atoms with Gasteiger partial charge in [-0.15, -0.1) is 10.2 Å². The zero-order valence-corrected chi connectivity index (χ0v) is 10.2. The summed E-state index contributed by atoms with van der Waals surface area (Å²) < 4.78 is 0. The van der Waals surface area contributed by atoms with Gasteiger partial charge in [0.1, 0.15) is 0 Å². The molecule has 1 fully saturated rings. The fraction of sp³-hybridized carbons (Fsp3) is 0.545. The normalized spacial score (nSPS) is 17.1. The van der Waals surface area contributed by atoms with Crippen molar-refractivity contribution in [3.8, 4) is 0 Å². The summed E-state index contributed by atoms with van der Waals surface area (Å²) in [5.74, 6) is 1.03. The van der Waals surface area contributed by atoms with Crippen molar-refractivity contribution in [2.75, 3.05) is 18.0 Å². The van der Waals surface area contributed by atoms with Crippen LogP contribution in [0.25, 0.3) is 0 Å². The molecule has 0 unspecified atom stereocenters. The van der Waals surface area contributed by atoms with Gasteiger partial charge in [-0.05, 0) is 30.9 Å². The molecule has 1 aliphatic rings. The number of hydrogen-bond acceptors (Lipinski definition) is 4. The molecule has 6 heteroatoms. The van der Waals surface area contributed by atoms with E-state index in [2.05, 4.69) is 15.1 Å². The molecule has 1 amide bonds. The van der Waals surface area contributed by atoms with Crippen molar-refractivity contribution in [3.05, 3.63) is 17.3 Å². The van der Waals surface area contributed by atoms with Crippen LogP contribution in [0.5, 0.6) is 0 Å². The fourth-order valence-electron chi connectivity index (χ4n) is 2.13. The van der Waals surface area contributed by atoms with E-state index in [4.69, 9.17) is 17.3 Å². The Kier molecular flexibility index (Phi) is 3.78. The molecule has 1 saturated heterocycles. The Balaban J connectivity index is 1.90. The number of nitrogens with zero attached hydrogens (tertiary/aromatic N) is 3. The highest BCUT2D eigenvalue weighted by molar-refractivity contribution is 6.29. The standard InChI is InChI=1S/C11H15ClN4O/c12-9-1-2-11(15-14-9)16-5-3-8(4-6-16)7-10(13)17/h1-2,8H,3-7H2,(H2,13,17). The van der Waals surface area contributed by atoms with E-state index in [0.717, 1.165) is 31.7 Å². The van der Waals surface area contributed by atoms with Crippen LogP contribution < -0.4 is 10.6 Å². The Labute approximate surface area is 105 Å². The lowest BCUT2D eigenvalue weighted by atomic mass is 9.93. The molecular formula is C11H15ClN4O. The predicted octanol–water partition coefficient (Wildman–Crippen LogP) is 1.22. The molecule has 2 rings (SSSR count). The topological polar surface area (TPSA) is 72.1 Å². The van der Waals surface area contributed by atoms with Gasteiger partial charge < -0.3 is 10.6 Å². The Morgan fingerprint density at radius 1 is 1.41 bits per heavy atom. The number of amides is 1. The summed E-state index contributed by atoms with van der Waals surface area (Å²) in [5, 5.41) is 8.26. The number of carbonyl (C=O) groups is 1. The van der Waals surface area contributed by atoms with Crippen LogP contribution in [0.3, 0.4) is 0 Å². The maximum absolute atomic E-state index is 10.8. The van der Waals surface area contributed by atoms with E-state index in [0.29, 0.717) is 17.5 Å². The number of hydrogen-bond donors (Lipinski definition) is 1. The van der Waals surface area contributed by atoms with Crippen molar-refractivity contribution >= 4 is 23.3 Å². The SMILES string of the molecule is NC(=O)CC1CCN(c2ccc(Cl)nn2)CC1. The number of halogens is 1. The first kappa shape index (κ1) is 12.1. The van der Waals surface area contributed by atoms with Crippen molar-refractivity contribution in [3.63, 3.8) is 0 Å². The van der Waals surface area contributed by atoms with Crippen molar-refractivity contribution < 1.29 is 4.79 Å². The summed E-state index contributed by atoms with van der Waals surface area (Å²) in [5.41, 5.74) is 5.20. The second kappa shape index (κ2) is 5.31. The van der Waals surface area contributed by atoms with Gasteiger partial charge in [-0.25, -0.2) is 0 Å². The van der Waals surface area contributed by atoms with E-state index in [9.17, 15) is 4.79 Å². The minimum atomic E-state index is -0.213. The lowest BCUT2D eigenvalue weighted by molar-refractivity contribution is -0.119. The molecule has 0 radical (unpaired) electrons. The number of piperidine rings is 1. The van der Waals surface area contributed by atoms with Gasteiger partial charge in [0.05, 0.1) is 0 Å². The quantitative estimate of drug-likeness (QED) is 0.880. The molecule has 0 spiro atoms. The van der Waals surface area contributed by atoms with Gasteiger partial charge in [0.2, 0.25) is 5.91 Å². The molecule has 0 atom stereocenters. The summed E-state index contributed by atoms with van der Waals surface area (Å²) in [6.07, 6.45) is 2.42. The lowest BCUT2D eigenvalue weighted by Gasteiger charge is -2.31. The molecule has 0 aliphatic carbocycles. The largest absolute Gasteiger partial charge is 0.370 e. The van der Waals surface area contributed by atoms with Crippen LogP contribution in [0.15, 0.2) is 12.1 Å². The predicted molar refractivity (Wildman–Crippen MR) is 65.8 cm³/mol. The highest BCUT2D eigenvalue weighted by Gasteiger charge is 2.21. The van der Waals surface area contributed by atoms with Crippen molar-refractivity contribution in [2.24, 2.45) is 11.7 Å². The number of nitrogens with two attached hydrogens (primary N) is 1. The minimum Gasteiger partial charge on any atom is -0.370 e. The summed E-state index contributed by atoms with van der Waals surface area (Å²) in [6, 6.07) is 3.60. The zero-order chi connectivity index (χ0) is 12.3. The molecule has 0 bridgehead atoms. The lowest BCUT2D eigenvalue weighted by Crippen LogP contribution is -2.35. The molecule has 17 heavy (non-hydrogen) atoms. The first-order valence-electron chi connectivity index (χ1n) is 5.67. The Hall–Kier alpha value is -1.36. The highest BCUT2D eigenvalue weighted by Crippen LogP contribution is 2.23. The van der Waals surface area contributed by atoms with Gasteiger partial charge in [0, 0.05) is 19.5 Å². The van der Waals surface area contributed by atoms with Gasteiger partial charge >= 0.3 is 0 Å². The molecule has 5 nitrogen and oxygen atoms in total. The number of aromatic nitrogens is 2. The average Bonchev–Trinajstić information content (AvgIpc) is 2.30. The van der Waals surface area contributed by atoms with E-state index in [-0.39, 0.29) is 5.91 Å². The molecule has 0 saturated carbocycles. The Morgan fingerprint density at radius 3 is 2.65 bits per heavy atom. The van der Waals surface area contributed by atoms with E-state index in [1.807, 2.05) is 6.07 Å². The first-order chi connectivity index (χ1) is 8.15. The summed E-state index contributed by atoms with van der Waals surface area (Å²) in [4.78, 5) is 13.0. The van der Waals surface area contributed by atoms with Gasteiger partial charge in [-0.3, -0.25) is 4.79 Å². The number of anilines is 1. The summed E-state index contributed by atoms with van der Waals surface area (Å²) >= 11 is 5.69. The monoisotopic (exact) mass is 254 g/mol. The van der Waals surface area contributed by atoms with Crippen molar-refractivity contribution in [1.82, 2.24) is 10.2 Å². The van der Waals surface area contributed by atoms with E-state index < -0.39 is 0 Å². The van der Waals surface area contributed by atoms with Gasteiger partial charge in [-0.2, -0.15) is 0 Å². The molecule has 92 valence electrons. The maximum atomic E-state index is 10.8. The zero-order valence-electron chi connectivity index (χ0n) is 9.47. The van der Waals surface area contributed by atoms with Crippen LogP contribution in [0.2, 0.25) is 5.15 Å². The molecule has 1 aliphatic heterocycles. The van der Waals surface area contributed by atoms with Gasteiger partial charge in [-0.1, -0.05) is 11.6 Å². The van der Waals surface area contributed by atoms with Gasteiger partial charge in [0.15, 0.2) is 11.0 Å². The molecule has 2 N–H and O–H groups in total. The van der Waals surface area contributed by atoms with E-state index in [1.165, 1.54) is 0 Å².